The van der Waals surface area contributed by atoms with E-state index in [1.807, 2.05) is 31.2 Å². The van der Waals surface area contributed by atoms with E-state index >= 15 is 0 Å². The molecule has 0 bridgehead atoms. The summed E-state index contributed by atoms with van der Waals surface area (Å²) >= 11 is 0. The fourth-order valence-corrected chi connectivity index (χ4v) is 1.59. The maximum absolute atomic E-state index is 9.14. The molecule has 0 amide bonds. The summed E-state index contributed by atoms with van der Waals surface area (Å²) in [5.74, 6) is 0.840. The first kappa shape index (κ1) is 13.3. The Bertz CT molecular complexity index is 387. The van der Waals surface area contributed by atoms with Crippen LogP contribution in [0.5, 0.6) is 5.75 Å². The summed E-state index contributed by atoms with van der Waals surface area (Å²) in [7, 11) is 3.24. The van der Waals surface area contributed by atoms with E-state index in [0.717, 1.165) is 11.4 Å². The number of nitrogens with zero attached hydrogens (tertiary/aromatic N) is 1. The largest absolute Gasteiger partial charge is 0.495 e. The van der Waals surface area contributed by atoms with Gasteiger partial charge in [0.25, 0.3) is 0 Å². The maximum atomic E-state index is 9.14. The fraction of sp³-hybridized carbons (Fsp3) is 0.462. The van der Waals surface area contributed by atoms with Crippen LogP contribution in [-0.4, -0.2) is 26.9 Å². The summed E-state index contributed by atoms with van der Waals surface area (Å²) in [6, 6.07) is 9.49. The summed E-state index contributed by atoms with van der Waals surface area (Å²) in [5.41, 5.74) is 0.824. The molecule has 0 aliphatic rings. The molecule has 17 heavy (non-hydrogen) atoms. The first-order valence-corrected chi connectivity index (χ1v) is 5.51. The summed E-state index contributed by atoms with van der Waals surface area (Å²) in [6.07, 6.45) is 0. The highest BCUT2D eigenvalue weighted by Crippen LogP contribution is 2.24. The lowest BCUT2D eigenvalue weighted by Crippen LogP contribution is -2.28. The van der Waals surface area contributed by atoms with Gasteiger partial charge in [-0.3, -0.25) is 0 Å². The van der Waals surface area contributed by atoms with Crippen molar-refractivity contribution >= 4 is 5.69 Å². The molecule has 0 fully saturated rings. The van der Waals surface area contributed by atoms with E-state index < -0.39 is 0 Å². The molecule has 1 aromatic carbocycles. The van der Waals surface area contributed by atoms with Gasteiger partial charge >= 0.3 is 0 Å². The highest BCUT2D eigenvalue weighted by molar-refractivity contribution is 5.57. The standard InChI is InChI=1S/C13H18N2O2/c1-10(9-16-2)12(8-14)15-11-6-4-5-7-13(11)17-3/h4-7,10,12,15H,9H2,1-3H3. The van der Waals surface area contributed by atoms with Crippen molar-refractivity contribution in [2.75, 3.05) is 26.1 Å². The molecule has 92 valence electrons. The zero-order valence-electron chi connectivity index (χ0n) is 10.4. The minimum atomic E-state index is -0.300. The van der Waals surface area contributed by atoms with Gasteiger partial charge in [-0.1, -0.05) is 19.1 Å². The summed E-state index contributed by atoms with van der Waals surface area (Å²) < 4.78 is 10.3. The molecule has 0 radical (unpaired) electrons. The Morgan fingerprint density at radius 2 is 2.06 bits per heavy atom. The molecule has 0 aromatic heterocycles. The van der Waals surface area contributed by atoms with Gasteiger partial charge in [0.2, 0.25) is 0 Å². The Morgan fingerprint density at radius 1 is 1.35 bits per heavy atom. The van der Waals surface area contributed by atoms with Crippen molar-refractivity contribution in [3.8, 4) is 11.8 Å². The number of anilines is 1. The highest BCUT2D eigenvalue weighted by atomic mass is 16.5. The quantitative estimate of drug-likeness (QED) is 0.820. The molecule has 0 spiro atoms. The summed E-state index contributed by atoms with van der Waals surface area (Å²) in [5, 5.41) is 12.3. The molecule has 2 unspecified atom stereocenters. The molecule has 4 heteroatoms. The minimum absolute atomic E-state index is 0.106. The number of nitriles is 1. The molecule has 0 saturated carbocycles. The molecule has 1 N–H and O–H groups in total. The van der Waals surface area contributed by atoms with Crippen molar-refractivity contribution in [1.29, 1.82) is 5.26 Å². The molecular weight excluding hydrogens is 216 g/mol. The van der Waals surface area contributed by atoms with Crippen molar-refractivity contribution in [2.24, 2.45) is 5.92 Å². The van der Waals surface area contributed by atoms with Crippen LogP contribution in [0, 0.1) is 17.2 Å². The van der Waals surface area contributed by atoms with Crippen molar-refractivity contribution < 1.29 is 9.47 Å². The van der Waals surface area contributed by atoms with E-state index in [0.29, 0.717) is 6.61 Å². The number of hydrogen-bond acceptors (Lipinski definition) is 4. The molecule has 4 nitrogen and oxygen atoms in total. The first-order valence-electron chi connectivity index (χ1n) is 5.51. The Kier molecular flexibility index (Phi) is 5.31. The van der Waals surface area contributed by atoms with Crippen molar-refractivity contribution in [3.63, 3.8) is 0 Å². The minimum Gasteiger partial charge on any atom is -0.495 e. The summed E-state index contributed by atoms with van der Waals surface area (Å²) in [6.45, 7) is 2.51. The van der Waals surface area contributed by atoms with Crippen LogP contribution >= 0.6 is 0 Å². The lowest BCUT2D eigenvalue weighted by molar-refractivity contribution is 0.157. The van der Waals surface area contributed by atoms with Crippen LogP contribution in [0.1, 0.15) is 6.92 Å². The zero-order valence-corrected chi connectivity index (χ0v) is 10.4. The Balaban J connectivity index is 2.77. The Morgan fingerprint density at radius 3 is 2.65 bits per heavy atom. The normalized spacial score (nSPS) is 13.5. The molecular formula is C13H18N2O2. The molecule has 0 heterocycles. The Labute approximate surface area is 102 Å². The number of rotatable bonds is 6. The van der Waals surface area contributed by atoms with Crippen molar-refractivity contribution in [2.45, 2.75) is 13.0 Å². The third-order valence-corrected chi connectivity index (χ3v) is 2.56. The molecule has 1 aromatic rings. The zero-order chi connectivity index (χ0) is 12.7. The van der Waals surface area contributed by atoms with Crippen LogP contribution in [0.15, 0.2) is 24.3 Å². The Hall–Kier alpha value is -1.73. The number of benzene rings is 1. The van der Waals surface area contributed by atoms with Gasteiger partial charge in [-0.25, -0.2) is 0 Å². The second-order valence-corrected chi connectivity index (χ2v) is 3.88. The first-order chi connectivity index (χ1) is 8.22. The maximum Gasteiger partial charge on any atom is 0.141 e. The van der Waals surface area contributed by atoms with Gasteiger partial charge in [0, 0.05) is 13.0 Å². The van der Waals surface area contributed by atoms with E-state index in [2.05, 4.69) is 11.4 Å². The average Bonchev–Trinajstić information content (AvgIpc) is 2.36. The second kappa shape index (κ2) is 6.77. The monoisotopic (exact) mass is 234 g/mol. The molecule has 0 aliphatic carbocycles. The molecule has 0 aliphatic heterocycles. The molecule has 0 saturated heterocycles. The van der Waals surface area contributed by atoms with Gasteiger partial charge in [0.05, 0.1) is 25.5 Å². The van der Waals surface area contributed by atoms with Crippen LogP contribution in [0.3, 0.4) is 0 Å². The highest BCUT2D eigenvalue weighted by Gasteiger charge is 2.17. The van der Waals surface area contributed by atoms with E-state index in [9.17, 15) is 0 Å². The predicted octanol–water partition coefficient (Wildman–Crippen LogP) is 2.28. The van der Waals surface area contributed by atoms with E-state index in [-0.39, 0.29) is 12.0 Å². The van der Waals surface area contributed by atoms with Crippen molar-refractivity contribution in [3.05, 3.63) is 24.3 Å². The lowest BCUT2D eigenvalue weighted by Gasteiger charge is -2.20. The SMILES string of the molecule is COCC(C)C(C#N)Nc1ccccc1OC. The molecule has 2 atom stereocenters. The van der Waals surface area contributed by atoms with Gasteiger partial charge in [-0.05, 0) is 12.1 Å². The smallest absolute Gasteiger partial charge is 0.141 e. The van der Waals surface area contributed by atoms with Crippen LogP contribution in [0.2, 0.25) is 0 Å². The number of nitrogens with one attached hydrogen (secondary N) is 1. The predicted molar refractivity (Wildman–Crippen MR) is 67.1 cm³/mol. The number of hydrogen-bond donors (Lipinski definition) is 1. The summed E-state index contributed by atoms with van der Waals surface area (Å²) in [4.78, 5) is 0. The van der Waals surface area contributed by atoms with Crippen LogP contribution < -0.4 is 10.1 Å². The average molecular weight is 234 g/mol. The van der Waals surface area contributed by atoms with Gasteiger partial charge in [0.1, 0.15) is 11.8 Å². The van der Waals surface area contributed by atoms with E-state index in [1.165, 1.54) is 0 Å². The van der Waals surface area contributed by atoms with Gasteiger partial charge < -0.3 is 14.8 Å². The van der Waals surface area contributed by atoms with E-state index in [1.54, 1.807) is 14.2 Å². The van der Waals surface area contributed by atoms with E-state index in [4.69, 9.17) is 14.7 Å². The fourth-order valence-electron chi connectivity index (χ4n) is 1.59. The second-order valence-electron chi connectivity index (χ2n) is 3.88. The third-order valence-electron chi connectivity index (χ3n) is 2.56. The van der Waals surface area contributed by atoms with Gasteiger partial charge in [-0.2, -0.15) is 5.26 Å². The van der Waals surface area contributed by atoms with Crippen LogP contribution in [0.4, 0.5) is 5.69 Å². The topological polar surface area (TPSA) is 54.3 Å². The van der Waals surface area contributed by atoms with Crippen molar-refractivity contribution in [1.82, 2.24) is 0 Å². The number of para-hydroxylation sites is 2. The number of methoxy groups -OCH3 is 2. The lowest BCUT2D eigenvalue weighted by atomic mass is 10.0. The number of ether oxygens (including phenoxy) is 2. The van der Waals surface area contributed by atoms with Gasteiger partial charge in [0.15, 0.2) is 0 Å². The van der Waals surface area contributed by atoms with Gasteiger partial charge in [-0.15, -0.1) is 0 Å². The third kappa shape index (κ3) is 3.65. The van der Waals surface area contributed by atoms with Crippen LogP contribution in [0.25, 0.3) is 0 Å². The molecule has 1 rings (SSSR count). The van der Waals surface area contributed by atoms with Crippen LogP contribution in [-0.2, 0) is 4.74 Å².